The van der Waals surface area contributed by atoms with Crippen LogP contribution in [0.3, 0.4) is 0 Å². The van der Waals surface area contributed by atoms with Gasteiger partial charge in [-0.25, -0.2) is 0 Å². The number of anilines is 1. The highest BCUT2D eigenvalue weighted by Crippen LogP contribution is 2.18. The van der Waals surface area contributed by atoms with Crippen molar-refractivity contribution in [2.45, 2.75) is 38.1 Å². The predicted molar refractivity (Wildman–Crippen MR) is 166 cm³/mol. The first kappa shape index (κ1) is 31.2. The molecule has 0 radical (unpaired) electrons. The van der Waals surface area contributed by atoms with Crippen LogP contribution in [0.15, 0.2) is 103 Å². The summed E-state index contributed by atoms with van der Waals surface area (Å²) in [6, 6.07) is 30.2. The van der Waals surface area contributed by atoms with Gasteiger partial charge in [0.05, 0.1) is 31.0 Å². The first-order valence-corrected chi connectivity index (χ1v) is 14.1. The summed E-state index contributed by atoms with van der Waals surface area (Å²) < 4.78 is 5.28. The normalized spacial score (nSPS) is 12.9. The van der Waals surface area contributed by atoms with Crippen molar-refractivity contribution in [3.05, 3.63) is 131 Å². The van der Waals surface area contributed by atoms with Crippen LogP contribution in [0.5, 0.6) is 5.75 Å². The van der Waals surface area contributed by atoms with Gasteiger partial charge >= 0.3 is 0 Å². The molecule has 224 valence electrons. The Morgan fingerprint density at radius 1 is 0.791 bits per heavy atom. The Bertz CT molecular complexity index is 1480. The molecule has 0 aliphatic heterocycles. The van der Waals surface area contributed by atoms with Gasteiger partial charge in [0.2, 0.25) is 0 Å². The van der Waals surface area contributed by atoms with E-state index >= 15 is 0 Å². The second kappa shape index (κ2) is 15.5. The number of methoxy groups -OCH3 is 1. The molecular formula is C34H38N4O5. The zero-order chi connectivity index (χ0) is 30.6. The molecule has 9 nitrogen and oxygen atoms in total. The molecule has 0 aromatic heterocycles. The van der Waals surface area contributed by atoms with Gasteiger partial charge in [0.1, 0.15) is 5.75 Å². The van der Waals surface area contributed by atoms with Crippen LogP contribution in [-0.2, 0) is 13.0 Å². The number of hydrogen-bond donors (Lipinski definition) is 6. The average Bonchev–Trinajstić information content (AvgIpc) is 3.05. The molecule has 0 aliphatic rings. The fraction of sp³-hybridized carbons (Fsp3) is 0.235. The van der Waals surface area contributed by atoms with Crippen molar-refractivity contribution in [3.8, 4) is 5.75 Å². The van der Waals surface area contributed by atoms with Crippen molar-refractivity contribution in [2.24, 2.45) is 0 Å². The molecular weight excluding hydrogens is 544 g/mol. The smallest absolute Gasteiger partial charge is 0.251 e. The van der Waals surface area contributed by atoms with Crippen LogP contribution in [0, 0.1) is 0 Å². The van der Waals surface area contributed by atoms with E-state index in [-0.39, 0.29) is 29.4 Å². The fourth-order valence-electron chi connectivity index (χ4n) is 4.75. The number of aliphatic hydroxyl groups excluding tert-OH is 1. The van der Waals surface area contributed by atoms with Gasteiger partial charge in [-0.2, -0.15) is 0 Å². The van der Waals surface area contributed by atoms with E-state index in [1.54, 1.807) is 7.11 Å². The van der Waals surface area contributed by atoms with E-state index in [9.17, 15) is 19.9 Å². The summed E-state index contributed by atoms with van der Waals surface area (Å²) >= 11 is 0. The quantitative estimate of drug-likeness (QED) is 0.121. The molecule has 43 heavy (non-hydrogen) atoms. The van der Waals surface area contributed by atoms with Crippen LogP contribution in [0.2, 0.25) is 0 Å². The molecule has 4 aromatic carbocycles. The third-order valence-corrected chi connectivity index (χ3v) is 7.13. The second-order valence-electron chi connectivity index (χ2n) is 10.3. The second-order valence-corrected chi connectivity index (χ2v) is 10.3. The van der Waals surface area contributed by atoms with Crippen molar-refractivity contribution in [2.75, 3.05) is 19.1 Å². The topological polar surface area (TPSA) is 132 Å². The van der Waals surface area contributed by atoms with Gasteiger partial charge in [-0.1, -0.05) is 72.8 Å². The van der Waals surface area contributed by atoms with E-state index < -0.39 is 24.0 Å². The molecule has 3 atom stereocenters. The van der Waals surface area contributed by atoms with Gasteiger partial charge in [-0.15, -0.1) is 0 Å². The summed E-state index contributed by atoms with van der Waals surface area (Å²) in [6.45, 7) is 2.59. The molecule has 0 fully saturated rings. The van der Waals surface area contributed by atoms with E-state index in [1.165, 1.54) is 18.2 Å². The van der Waals surface area contributed by atoms with Gasteiger partial charge < -0.3 is 25.8 Å². The molecule has 4 rings (SSSR count). The van der Waals surface area contributed by atoms with Gasteiger partial charge in [-0.05, 0) is 60.4 Å². The molecule has 4 aromatic rings. The third-order valence-electron chi connectivity index (χ3n) is 7.13. The number of aliphatic hydroxyl groups is 1. The number of amides is 2. The van der Waals surface area contributed by atoms with Crippen LogP contribution in [0.25, 0.3) is 0 Å². The molecule has 0 unspecified atom stereocenters. The number of carbonyl (C=O) groups excluding carboxylic acids is 2. The predicted octanol–water partition coefficient (Wildman–Crippen LogP) is 4.48. The monoisotopic (exact) mass is 582 g/mol. The minimum absolute atomic E-state index is 0.158. The first-order chi connectivity index (χ1) is 20.9. The highest BCUT2D eigenvalue weighted by molar-refractivity contribution is 6.01. The van der Waals surface area contributed by atoms with Crippen molar-refractivity contribution < 1.29 is 24.6 Å². The lowest BCUT2D eigenvalue weighted by Gasteiger charge is -2.25. The Kier molecular flexibility index (Phi) is 11.3. The van der Waals surface area contributed by atoms with Crippen molar-refractivity contribution >= 4 is 17.5 Å². The SMILES string of the molecule is COc1cccc(CNC[C@@H](O)[C@H](Cc2ccccc2)NC(=O)c2cc(NO)cc(C(=O)N[C@H](C)c3ccccc3)c2)c1. The summed E-state index contributed by atoms with van der Waals surface area (Å²) in [5.41, 5.74) is 5.46. The standard InChI is InChI=1S/C34H38N4O5/c1-23(26-13-7-4-8-14-26)36-33(40)27-18-28(20-29(19-27)38-42)34(41)37-31(17-24-10-5-3-6-11-24)32(39)22-35-21-25-12-9-15-30(16-25)43-2/h3-16,18-20,23,31-32,35,38-39,42H,17,21-22H2,1-2H3,(H,36,40)(H,37,41)/t23-,31+,32-/m1/s1. The summed E-state index contributed by atoms with van der Waals surface area (Å²) in [6.07, 6.45) is -0.544. The molecule has 0 heterocycles. The van der Waals surface area contributed by atoms with Crippen LogP contribution < -0.4 is 26.2 Å². The Labute approximate surface area is 251 Å². The largest absolute Gasteiger partial charge is 0.497 e. The van der Waals surface area contributed by atoms with E-state index in [1.807, 2.05) is 97.3 Å². The van der Waals surface area contributed by atoms with Gasteiger partial charge in [0.25, 0.3) is 11.8 Å². The molecule has 0 bridgehead atoms. The number of hydrogen-bond acceptors (Lipinski definition) is 7. The minimum Gasteiger partial charge on any atom is -0.497 e. The molecule has 6 N–H and O–H groups in total. The maximum atomic E-state index is 13.5. The lowest BCUT2D eigenvalue weighted by Crippen LogP contribution is -2.48. The van der Waals surface area contributed by atoms with Crippen LogP contribution >= 0.6 is 0 Å². The Balaban J connectivity index is 1.48. The van der Waals surface area contributed by atoms with Gasteiger partial charge in [0.15, 0.2) is 0 Å². The van der Waals surface area contributed by atoms with Gasteiger partial charge in [0, 0.05) is 24.2 Å². The van der Waals surface area contributed by atoms with Crippen molar-refractivity contribution in [1.29, 1.82) is 0 Å². The van der Waals surface area contributed by atoms with Crippen LogP contribution in [0.1, 0.15) is 50.4 Å². The molecule has 2 amide bonds. The Morgan fingerprint density at radius 3 is 2.07 bits per heavy atom. The first-order valence-electron chi connectivity index (χ1n) is 14.1. The Hall–Kier alpha value is -4.70. The van der Waals surface area contributed by atoms with E-state index in [0.717, 1.165) is 22.4 Å². The minimum atomic E-state index is -0.927. The zero-order valence-corrected chi connectivity index (χ0v) is 24.3. The van der Waals surface area contributed by atoms with Crippen LogP contribution in [0.4, 0.5) is 5.69 Å². The molecule has 0 aliphatic carbocycles. The number of benzene rings is 4. The zero-order valence-electron chi connectivity index (χ0n) is 24.3. The van der Waals surface area contributed by atoms with Gasteiger partial charge in [-0.3, -0.25) is 20.3 Å². The molecule has 0 saturated carbocycles. The number of rotatable bonds is 14. The highest BCUT2D eigenvalue weighted by atomic mass is 16.5. The van der Waals surface area contributed by atoms with Crippen molar-refractivity contribution in [1.82, 2.24) is 16.0 Å². The van der Waals surface area contributed by atoms with Crippen LogP contribution in [-0.4, -0.2) is 47.9 Å². The molecule has 0 saturated heterocycles. The lowest BCUT2D eigenvalue weighted by molar-refractivity contribution is 0.0830. The number of ether oxygens (including phenoxy) is 1. The summed E-state index contributed by atoms with van der Waals surface area (Å²) in [5, 5.41) is 29.9. The summed E-state index contributed by atoms with van der Waals surface area (Å²) in [4.78, 5) is 26.6. The summed E-state index contributed by atoms with van der Waals surface area (Å²) in [5.74, 6) is -0.142. The molecule has 9 heteroatoms. The average molecular weight is 583 g/mol. The van der Waals surface area contributed by atoms with E-state index in [2.05, 4.69) is 16.0 Å². The van der Waals surface area contributed by atoms with E-state index in [4.69, 9.17) is 4.74 Å². The lowest BCUT2D eigenvalue weighted by atomic mass is 10.00. The third kappa shape index (κ3) is 9.14. The maximum absolute atomic E-state index is 13.5. The number of nitrogens with one attached hydrogen (secondary N) is 4. The molecule has 0 spiro atoms. The maximum Gasteiger partial charge on any atom is 0.251 e. The number of carbonyl (C=O) groups is 2. The summed E-state index contributed by atoms with van der Waals surface area (Å²) in [7, 11) is 1.61. The fourth-order valence-corrected chi connectivity index (χ4v) is 4.75. The van der Waals surface area contributed by atoms with E-state index in [0.29, 0.717) is 13.0 Å². The highest BCUT2D eigenvalue weighted by Gasteiger charge is 2.24. The van der Waals surface area contributed by atoms with Crippen molar-refractivity contribution in [3.63, 3.8) is 0 Å². The Morgan fingerprint density at radius 2 is 1.42 bits per heavy atom.